The molecule has 1 aromatic carbocycles. The number of amides is 1. The van der Waals surface area contributed by atoms with Crippen molar-refractivity contribution in [2.24, 2.45) is 4.99 Å². The molecule has 0 N–H and O–H groups in total. The van der Waals surface area contributed by atoms with Gasteiger partial charge in [-0.2, -0.15) is 4.99 Å². The minimum atomic E-state index is -3.22. The number of thioether (sulfide) groups is 1. The molecule has 2 fully saturated rings. The normalized spacial score (nSPS) is 25.5. The van der Waals surface area contributed by atoms with Gasteiger partial charge in [0, 0.05) is 23.3 Å². The van der Waals surface area contributed by atoms with Crippen LogP contribution in [0.3, 0.4) is 0 Å². The molecule has 2 atom stereocenters. The van der Waals surface area contributed by atoms with Gasteiger partial charge >= 0.3 is 0 Å². The van der Waals surface area contributed by atoms with Crippen LogP contribution in [0.2, 0.25) is 0 Å². The van der Waals surface area contributed by atoms with Crippen molar-refractivity contribution < 1.29 is 27.5 Å². The monoisotopic (exact) mass is 399 g/mol. The number of anilines is 1. The molecule has 0 saturated carbocycles. The summed E-state index contributed by atoms with van der Waals surface area (Å²) in [6.45, 7) is 1.61. The van der Waals surface area contributed by atoms with Gasteiger partial charge in [0.1, 0.15) is 5.82 Å². The number of carboxylic acid groups (broad SMARTS) is 1. The molecule has 2 heterocycles. The first-order valence-corrected chi connectivity index (χ1v) is 10.6. The van der Waals surface area contributed by atoms with E-state index in [2.05, 4.69) is 4.99 Å². The minimum Gasteiger partial charge on any atom is -0.550 e. The van der Waals surface area contributed by atoms with Gasteiger partial charge in [-0.1, -0.05) is 17.8 Å². The van der Waals surface area contributed by atoms with Gasteiger partial charge in [0.2, 0.25) is 5.91 Å². The van der Waals surface area contributed by atoms with E-state index in [1.54, 1.807) is 24.0 Å². The highest BCUT2D eigenvalue weighted by Gasteiger charge is 2.49. The van der Waals surface area contributed by atoms with Crippen molar-refractivity contribution in [2.45, 2.75) is 31.1 Å². The van der Waals surface area contributed by atoms with E-state index in [9.17, 15) is 27.5 Å². The molecule has 26 heavy (non-hydrogen) atoms. The summed E-state index contributed by atoms with van der Waals surface area (Å²) in [4.78, 5) is 27.9. The third kappa shape index (κ3) is 3.90. The average molecular weight is 399 g/mol. The summed E-state index contributed by atoms with van der Waals surface area (Å²) in [6.07, 6.45) is -0.753. The standard InChI is InChI=1S/C16H17FN2O5S2/c1-9-2-3-10(6-11(9)17)19-12-7-26(23,24)8-13(12)25-16(19)18-14(20)4-5-15(21)22/h2-3,6,12-13H,4-5,7-8H2,1H3,(H,21,22)/p-1/t12-,13+/m1/s1. The molecule has 1 amide bonds. The number of hydrogen-bond donors (Lipinski definition) is 0. The number of aliphatic imine (C=N–C) groups is 1. The van der Waals surface area contributed by atoms with E-state index < -0.39 is 40.0 Å². The van der Waals surface area contributed by atoms with Crippen molar-refractivity contribution in [3.63, 3.8) is 0 Å². The molecule has 1 aromatic rings. The number of hydrogen-bond acceptors (Lipinski definition) is 6. The van der Waals surface area contributed by atoms with Crippen molar-refractivity contribution in [1.82, 2.24) is 0 Å². The van der Waals surface area contributed by atoms with Gasteiger partial charge in [0.15, 0.2) is 15.0 Å². The Hall–Kier alpha value is -1.94. The fourth-order valence-electron chi connectivity index (χ4n) is 2.97. The van der Waals surface area contributed by atoms with Crippen LogP contribution in [0.4, 0.5) is 10.1 Å². The van der Waals surface area contributed by atoms with Gasteiger partial charge in [-0.25, -0.2) is 12.8 Å². The lowest BCUT2D eigenvalue weighted by molar-refractivity contribution is -0.305. The molecule has 0 radical (unpaired) electrons. The third-order valence-corrected chi connectivity index (χ3v) is 7.47. The quantitative estimate of drug-likeness (QED) is 0.715. The molecule has 140 valence electrons. The van der Waals surface area contributed by atoms with E-state index in [4.69, 9.17) is 0 Å². The van der Waals surface area contributed by atoms with Crippen LogP contribution >= 0.6 is 11.8 Å². The fraction of sp³-hybridized carbons (Fsp3) is 0.438. The number of carbonyl (C=O) groups excluding carboxylic acids is 2. The molecule has 7 nitrogen and oxygen atoms in total. The molecule has 2 saturated heterocycles. The molecule has 0 bridgehead atoms. The number of benzene rings is 1. The predicted octanol–water partition coefficient (Wildman–Crippen LogP) is 0.266. The number of aryl methyl sites for hydroxylation is 1. The van der Waals surface area contributed by atoms with Gasteiger partial charge in [-0.05, 0) is 31.0 Å². The molecule has 0 aliphatic carbocycles. The second kappa shape index (κ2) is 6.99. The van der Waals surface area contributed by atoms with E-state index in [1.165, 1.54) is 6.07 Å². The van der Waals surface area contributed by atoms with Crippen LogP contribution in [0, 0.1) is 12.7 Å². The van der Waals surface area contributed by atoms with Crippen molar-refractivity contribution >= 4 is 44.3 Å². The molecule has 0 unspecified atom stereocenters. The Morgan fingerprint density at radius 2 is 2.08 bits per heavy atom. The van der Waals surface area contributed by atoms with E-state index >= 15 is 0 Å². The maximum Gasteiger partial charge on any atom is 0.248 e. The van der Waals surface area contributed by atoms with Gasteiger partial charge < -0.3 is 14.8 Å². The van der Waals surface area contributed by atoms with Crippen molar-refractivity contribution in [3.8, 4) is 0 Å². The Kier molecular flexibility index (Phi) is 5.07. The van der Waals surface area contributed by atoms with Gasteiger partial charge in [-0.3, -0.25) is 4.79 Å². The first-order chi connectivity index (χ1) is 12.2. The Morgan fingerprint density at radius 1 is 1.35 bits per heavy atom. The number of amidine groups is 1. The summed E-state index contributed by atoms with van der Waals surface area (Å²) in [5.74, 6) is -2.58. The number of fused-ring (bicyclic) bond motifs is 1. The molecular weight excluding hydrogens is 383 g/mol. The molecule has 0 spiro atoms. The summed E-state index contributed by atoms with van der Waals surface area (Å²) in [7, 11) is -3.22. The Morgan fingerprint density at radius 3 is 2.73 bits per heavy atom. The number of aliphatic carboxylic acids is 1. The third-order valence-electron chi connectivity index (χ3n) is 4.26. The maximum absolute atomic E-state index is 14.0. The zero-order valence-electron chi connectivity index (χ0n) is 13.8. The highest BCUT2D eigenvalue weighted by Crippen LogP contribution is 2.41. The maximum atomic E-state index is 14.0. The van der Waals surface area contributed by atoms with Crippen molar-refractivity contribution in [1.29, 1.82) is 0 Å². The number of carbonyl (C=O) groups is 2. The number of nitrogens with zero attached hydrogens (tertiary/aromatic N) is 2. The molecule has 10 heteroatoms. The van der Waals surface area contributed by atoms with E-state index in [0.29, 0.717) is 11.3 Å². The number of rotatable bonds is 4. The molecular formula is C16H16FN2O5S2-. The van der Waals surface area contributed by atoms with Crippen LogP contribution in [0.15, 0.2) is 23.2 Å². The minimum absolute atomic E-state index is 0.0422. The lowest BCUT2D eigenvalue weighted by Crippen LogP contribution is -2.37. The Labute approximate surface area is 154 Å². The van der Waals surface area contributed by atoms with Crippen molar-refractivity contribution in [3.05, 3.63) is 29.6 Å². The number of carboxylic acids is 1. The van der Waals surface area contributed by atoms with E-state index in [0.717, 1.165) is 11.8 Å². The van der Waals surface area contributed by atoms with Crippen LogP contribution in [0.25, 0.3) is 0 Å². The summed E-state index contributed by atoms with van der Waals surface area (Å²) in [5, 5.41) is 10.4. The van der Waals surface area contributed by atoms with Crippen molar-refractivity contribution in [2.75, 3.05) is 16.4 Å². The van der Waals surface area contributed by atoms with E-state index in [-0.39, 0.29) is 28.3 Å². The van der Waals surface area contributed by atoms with Crippen LogP contribution in [0.5, 0.6) is 0 Å². The van der Waals surface area contributed by atoms with Crippen LogP contribution in [-0.2, 0) is 19.4 Å². The zero-order chi connectivity index (χ0) is 19.1. The SMILES string of the molecule is Cc1ccc(N2C(=NC(=O)CCC(=O)[O-])S[C@H]3CS(=O)(=O)C[C@H]32)cc1F. The molecule has 2 aliphatic heterocycles. The largest absolute Gasteiger partial charge is 0.550 e. The zero-order valence-corrected chi connectivity index (χ0v) is 15.5. The first kappa shape index (κ1) is 18.8. The van der Waals surface area contributed by atoms with Gasteiger partial charge in [0.05, 0.1) is 17.5 Å². The second-order valence-electron chi connectivity index (χ2n) is 6.26. The summed E-state index contributed by atoms with van der Waals surface area (Å²) in [6, 6.07) is 4.05. The average Bonchev–Trinajstić information content (AvgIpc) is 2.99. The Balaban J connectivity index is 1.94. The summed E-state index contributed by atoms with van der Waals surface area (Å²) < 4.78 is 37.9. The van der Waals surface area contributed by atoms with E-state index in [1.807, 2.05) is 0 Å². The highest BCUT2D eigenvalue weighted by atomic mass is 32.2. The molecule has 0 aromatic heterocycles. The first-order valence-electron chi connectivity index (χ1n) is 7.90. The molecule has 2 aliphatic rings. The smallest absolute Gasteiger partial charge is 0.248 e. The number of halogens is 1. The summed E-state index contributed by atoms with van der Waals surface area (Å²) >= 11 is 1.15. The van der Waals surface area contributed by atoms with Crippen LogP contribution < -0.4 is 10.0 Å². The summed E-state index contributed by atoms with van der Waals surface area (Å²) in [5.41, 5.74) is 0.858. The van der Waals surface area contributed by atoms with Gasteiger partial charge in [-0.15, -0.1) is 0 Å². The lowest BCUT2D eigenvalue weighted by atomic mass is 10.1. The second-order valence-corrected chi connectivity index (χ2v) is 9.62. The predicted molar refractivity (Wildman–Crippen MR) is 94.1 cm³/mol. The Bertz CT molecular complexity index is 900. The molecule has 3 rings (SSSR count). The lowest BCUT2D eigenvalue weighted by Gasteiger charge is -2.24. The van der Waals surface area contributed by atoms with Crippen LogP contribution in [0.1, 0.15) is 18.4 Å². The van der Waals surface area contributed by atoms with Gasteiger partial charge in [0.25, 0.3) is 0 Å². The topological polar surface area (TPSA) is 107 Å². The van der Waals surface area contributed by atoms with Crippen LogP contribution in [-0.4, -0.2) is 48.3 Å². The highest BCUT2D eigenvalue weighted by molar-refractivity contribution is 8.16. The number of sulfone groups is 1. The fourth-order valence-corrected chi connectivity index (χ4v) is 6.90.